The monoisotopic (exact) mass is 550 g/mol. The minimum absolute atomic E-state index is 0. The van der Waals surface area contributed by atoms with Crippen LogP contribution in [0.5, 0.6) is 0 Å². The maximum Gasteiger partial charge on any atom is 1.00 e. The van der Waals surface area contributed by atoms with E-state index >= 15 is 0 Å². The predicted molar refractivity (Wildman–Crippen MR) is 123 cm³/mol. The Labute approximate surface area is 230 Å². The summed E-state index contributed by atoms with van der Waals surface area (Å²) in [5.74, 6) is -2.14. The van der Waals surface area contributed by atoms with E-state index in [0.717, 1.165) is 33.3 Å². The SMILES string of the molecule is Nc1nc(/C(=N/O)C(=O)N[C@@H]2C(=O)N3C(C(=O)[O-])=C(SCCc4csc(=O)[nH]4)CS[C@H]23)cs1.[Na+]. The Hall–Kier alpha value is -1.82. The molecule has 0 radical (unpaired) electrons. The minimum Gasteiger partial charge on any atom is -0.543 e. The number of thioether (sulfide) groups is 2. The summed E-state index contributed by atoms with van der Waals surface area (Å²) in [6.45, 7) is 0. The zero-order valence-electron chi connectivity index (χ0n) is 17.5. The largest absolute Gasteiger partial charge is 1.00 e. The number of rotatable bonds is 8. The number of fused-ring (bicyclic) bond motifs is 1. The topological polar surface area (TPSA) is 194 Å². The fourth-order valence-electron chi connectivity index (χ4n) is 3.23. The molecule has 4 rings (SSSR count). The molecule has 12 nitrogen and oxygen atoms in total. The second-order valence-electron chi connectivity index (χ2n) is 6.71. The van der Waals surface area contributed by atoms with Crippen LogP contribution in [0.15, 0.2) is 31.3 Å². The molecule has 0 unspecified atom stereocenters. The first-order valence-corrected chi connectivity index (χ1v) is 13.0. The number of amides is 2. The van der Waals surface area contributed by atoms with Gasteiger partial charge >= 0.3 is 34.4 Å². The van der Waals surface area contributed by atoms with Crippen molar-refractivity contribution in [2.75, 3.05) is 17.2 Å². The third-order valence-corrected chi connectivity index (χ3v) is 8.66. The van der Waals surface area contributed by atoms with Gasteiger partial charge in [-0.1, -0.05) is 16.5 Å². The Morgan fingerprint density at radius 3 is 2.74 bits per heavy atom. The Bertz CT molecular complexity index is 1240. The number of nitrogens with zero attached hydrogens (tertiary/aromatic N) is 3. The van der Waals surface area contributed by atoms with Crippen LogP contribution in [0.25, 0.3) is 0 Å². The first-order valence-electron chi connectivity index (χ1n) is 9.23. The van der Waals surface area contributed by atoms with Crippen LogP contribution in [0.4, 0.5) is 5.13 Å². The number of nitrogen functional groups attached to an aromatic ring is 1. The van der Waals surface area contributed by atoms with Crippen LogP contribution in [-0.2, 0) is 20.8 Å². The Balaban J connectivity index is 0.00000324. The van der Waals surface area contributed by atoms with Crippen molar-refractivity contribution < 1.29 is 54.3 Å². The van der Waals surface area contributed by atoms with E-state index in [-0.39, 0.29) is 51.0 Å². The Morgan fingerprint density at radius 2 is 2.15 bits per heavy atom. The third kappa shape index (κ3) is 5.37. The number of anilines is 1. The van der Waals surface area contributed by atoms with Crippen molar-refractivity contribution >= 4 is 74.8 Å². The van der Waals surface area contributed by atoms with Crippen LogP contribution in [0.3, 0.4) is 0 Å². The van der Waals surface area contributed by atoms with Crippen molar-refractivity contribution in [3.8, 4) is 0 Å². The molecule has 0 spiro atoms. The fraction of sp³-hybridized carbons (Fsp3) is 0.294. The van der Waals surface area contributed by atoms with Crippen LogP contribution in [0.2, 0.25) is 0 Å². The number of aryl methyl sites for hydroxylation is 1. The molecule has 0 saturated carbocycles. The molecular formula is C17H15N6NaO6S4. The molecule has 1 fully saturated rings. The number of oxime groups is 1. The average molecular weight is 551 g/mol. The normalized spacial score (nSPS) is 19.8. The number of carboxylic acids is 1. The van der Waals surface area contributed by atoms with E-state index in [1.54, 1.807) is 5.38 Å². The molecule has 0 aliphatic carbocycles. The molecule has 0 bridgehead atoms. The van der Waals surface area contributed by atoms with Gasteiger partial charge in [0.2, 0.25) is 0 Å². The van der Waals surface area contributed by atoms with E-state index in [1.165, 1.54) is 28.9 Å². The molecule has 2 aromatic heterocycles. The van der Waals surface area contributed by atoms with Gasteiger partial charge in [-0.15, -0.1) is 34.9 Å². The third-order valence-electron chi connectivity index (χ3n) is 4.71. The molecule has 34 heavy (non-hydrogen) atoms. The molecule has 4 heterocycles. The van der Waals surface area contributed by atoms with Gasteiger partial charge in [0.05, 0.1) is 11.7 Å². The van der Waals surface area contributed by atoms with E-state index in [0.29, 0.717) is 22.8 Å². The number of aliphatic carboxylic acids is 1. The van der Waals surface area contributed by atoms with Crippen molar-refractivity contribution in [3.05, 3.63) is 42.4 Å². The maximum absolute atomic E-state index is 12.7. The van der Waals surface area contributed by atoms with Crippen molar-refractivity contribution in [2.45, 2.75) is 17.8 Å². The van der Waals surface area contributed by atoms with Crippen LogP contribution in [-0.4, -0.2) is 66.5 Å². The Morgan fingerprint density at radius 1 is 1.38 bits per heavy atom. The summed E-state index contributed by atoms with van der Waals surface area (Å²) in [5.41, 5.74) is 5.71. The summed E-state index contributed by atoms with van der Waals surface area (Å²) in [7, 11) is 0. The molecule has 5 N–H and O–H groups in total. The zero-order chi connectivity index (χ0) is 23.7. The zero-order valence-corrected chi connectivity index (χ0v) is 22.7. The van der Waals surface area contributed by atoms with Gasteiger partial charge in [0.1, 0.15) is 17.1 Å². The van der Waals surface area contributed by atoms with Crippen molar-refractivity contribution in [3.63, 3.8) is 0 Å². The smallest absolute Gasteiger partial charge is 0.543 e. The Kier molecular flexibility index (Phi) is 8.88. The molecule has 17 heteroatoms. The van der Waals surface area contributed by atoms with Crippen LogP contribution in [0, 0.1) is 0 Å². The quantitative estimate of drug-likeness (QED) is 0.0827. The van der Waals surface area contributed by atoms with Crippen molar-refractivity contribution in [1.82, 2.24) is 20.2 Å². The number of aromatic nitrogens is 2. The average Bonchev–Trinajstić information content (AvgIpc) is 3.39. The molecule has 1 saturated heterocycles. The van der Waals surface area contributed by atoms with E-state index < -0.39 is 34.9 Å². The van der Waals surface area contributed by atoms with Gasteiger partial charge in [-0.05, 0) is 6.42 Å². The number of hydrogen-bond acceptors (Lipinski definition) is 13. The number of carbonyl (C=O) groups excluding carboxylic acids is 3. The number of β-lactam (4-membered cyclic amide) rings is 1. The summed E-state index contributed by atoms with van der Waals surface area (Å²) in [5, 5.41) is 29.1. The number of aromatic amines is 1. The van der Waals surface area contributed by atoms with Crippen LogP contribution >= 0.6 is 46.2 Å². The number of carboxylic acid groups (broad SMARTS) is 1. The predicted octanol–water partition coefficient (Wildman–Crippen LogP) is -4.01. The number of H-pyrrole nitrogens is 1. The molecule has 2 aliphatic rings. The number of thiazole rings is 2. The van der Waals surface area contributed by atoms with E-state index in [2.05, 4.69) is 20.4 Å². The summed E-state index contributed by atoms with van der Waals surface area (Å²) in [6.07, 6.45) is 0.526. The number of hydrogen-bond donors (Lipinski definition) is 4. The molecule has 2 atom stereocenters. The van der Waals surface area contributed by atoms with Crippen LogP contribution < -0.4 is 50.6 Å². The standard InChI is InChI=1S/C17H16N6O6S4.Na/c18-16-20-7(4-32-16)9(22-29)12(24)21-10-13(25)23-11(15(26)27)8(5-31-14(10)23)30-2-1-6-3-33-17(28)19-6;/h3-4,10,14,29H,1-2,5H2,(H2,18,20)(H,19,28)(H,21,24)(H,26,27);/q;+1/p-1/b22-9-;/t10-,14-;/m1./s1. The number of carbonyl (C=O) groups is 3. The number of nitrogens with two attached hydrogens (primary N) is 1. The van der Waals surface area contributed by atoms with Gasteiger partial charge in [-0.25, -0.2) is 4.98 Å². The van der Waals surface area contributed by atoms with Gasteiger partial charge in [0.25, 0.3) is 11.8 Å². The molecule has 174 valence electrons. The first-order chi connectivity index (χ1) is 15.8. The molecule has 2 aliphatic heterocycles. The van der Waals surface area contributed by atoms with Crippen molar-refractivity contribution in [2.24, 2.45) is 5.16 Å². The fourth-order valence-corrected chi connectivity index (χ4v) is 7.01. The summed E-state index contributed by atoms with van der Waals surface area (Å²) in [6, 6.07) is -1.01. The molecule has 2 aromatic rings. The maximum atomic E-state index is 12.7. The van der Waals surface area contributed by atoms with Gasteiger partial charge in [-0.3, -0.25) is 19.3 Å². The van der Waals surface area contributed by atoms with E-state index in [1.807, 2.05) is 0 Å². The van der Waals surface area contributed by atoms with Gasteiger partial charge in [0.15, 0.2) is 10.8 Å². The summed E-state index contributed by atoms with van der Waals surface area (Å²) < 4.78 is 0. The van der Waals surface area contributed by atoms with E-state index in [4.69, 9.17) is 5.73 Å². The van der Waals surface area contributed by atoms with Gasteiger partial charge in [0, 0.05) is 32.9 Å². The van der Waals surface area contributed by atoms with Crippen LogP contribution in [0.1, 0.15) is 11.4 Å². The van der Waals surface area contributed by atoms with Gasteiger partial charge in [-0.2, -0.15) is 0 Å². The minimum atomic E-state index is -1.49. The second-order valence-corrected chi connectivity index (χ2v) is 10.7. The van der Waals surface area contributed by atoms with Crippen molar-refractivity contribution in [1.29, 1.82) is 0 Å². The van der Waals surface area contributed by atoms with E-state index in [9.17, 15) is 29.5 Å². The summed E-state index contributed by atoms with van der Waals surface area (Å²) in [4.78, 5) is 56.3. The second kappa shape index (κ2) is 11.3. The summed E-state index contributed by atoms with van der Waals surface area (Å²) >= 11 is 4.67. The molecular weight excluding hydrogens is 535 g/mol. The molecule has 2 amide bonds. The molecule has 0 aromatic carbocycles. The number of nitrogens with one attached hydrogen (secondary N) is 2. The van der Waals surface area contributed by atoms with Gasteiger partial charge < -0.3 is 31.1 Å². The first kappa shape index (κ1) is 26.8.